The summed E-state index contributed by atoms with van der Waals surface area (Å²) >= 11 is 0. The maximum absolute atomic E-state index is 12.4. The molecule has 0 aliphatic carbocycles. The number of nitrogens with zero attached hydrogens (tertiary/aromatic N) is 5. The second-order valence-corrected chi connectivity index (χ2v) is 9.45. The van der Waals surface area contributed by atoms with Crippen molar-refractivity contribution >= 4 is 5.91 Å². The largest absolute Gasteiger partial charge is 0.489 e. The smallest absolute Gasteiger partial charge is 0.266 e. The van der Waals surface area contributed by atoms with Crippen molar-refractivity contribution in [2.75, 3.05) is 19.7 Å². The third kappa shape index (κ3) is 8.08. The normalized spacial score (nSPS) is 13.9. The van der Waals surface area contributed by atoms with Crippen molar-refractivity contribution in [3.05, 3.63) is 94.5 Å². The van der Waals surface area contributed by atoms with E-state index < -0.39 is 0 Å². The second-order valence-electron chi connectivity index (χ2n) is 9.45. The minimum Gasteiger partial charge on any atom is -0.489 e. The highest BCUT2D eigenvalue weighted by molar-refractivity contribution is 5.81. The van der Waals surface area contributed by atoms with Gasteiger partial charge in [0.15, 0.2) is 11.6 Å². The van der Waals surface area contributed by atoms with Crippen LogP contribution in [0, 0.1) is 11.3 Å². The van der Waals surface area contributed by atoms with E-state index in [1.807, 2.05) is 44.2 Å². The molecule has 2 aromatic carbocycles. The van der Waals surface area contributed by atoms with Crippen LogP contribution in [0.1, 0.15) is 37.8 Å². The second kappa shape index (κ2) is 15.2. The maximum Gasteiger partial charge on any atom is 0.266 e. The zero-order valence-corrected chi connectivity index (χ0v) is 23.9. The lowest BCUT2D eigenvalue weighted by molar-refractivity contribution is -0.122. The van der Waals surface area contributed by atoms with Crippen molar-refractivity contribution in [1.82, 2.24) is 30.4 Å². The van der Waals surface area contributed by atoms with E-state index in [-0.39, 0.29) is 17.5 Å². The average Bonchev–Trinajstić information content (AvgIpc) is 3.60. The van der Waals surface area contributed by atoms with Gasteiger partial charge in [-0.1, -0.05) is 44.2 Å². The van der Waals surface area contributed by atoms with E-state index in [1.54, 1.807) is 36.7 Å². The third-order valence-electron chi connectivity index (χ3n) is 6.63. The minimum absolute atomic E-state index is 0.00586. The Kier molecular flexibility index (Phi) is 10.9. The lowest BCUT2D eigenvalue weighted by Crippen LogP contribution is -2.41. The van der Waals surface area contributed by atoms with Crippen LogP contribution in [0.4, 0.5) is 0 Å². The first-order valence-electron chi connectivity index (χ1n) is 14.2. The fraction of sp³-hybridized carbons (Fsp3) is 0.312. The first kappa shape index (κ1) is 30.1. The van der Waals surface area contributed by atoms with Crippen LogP contribution >= 0.6 is 0 Å². The summed E-state index contributed by atoms with van der Waals surface area (Å²) in [6, 6.07) is 20.2. The van der Waals surface area contributed by atoms with Gasteiger partial charge in [0, 0.05) is 23.7 Å². The van der Waals surface area contributed by atoms with E-state index in [9.17, 15) is 14.9 Å². The van der Waals surface area contributed by atoms with Crippen molar-refractivity contribution in [3.8, 4) is 34.5 Å². The molecule has 2 aromatic heterocycles. The molecule has 0 bridgehead atoms. The molecule has 1 unspecified atom stereocenters. The monoisotopic (exact) mass is 565 g/mol. The van der Waals surface area contributed by atoms with Crippen LogP contribution in [0.25, 0.3) is 22.6 Å². The van der Waals surface area contributed by atoms with Crippen molar-refractivity contribution < 1.29 is 9.53 Å². The highest BCUT2D eigenvalue weighted by Gasteiger charge is 2.21. The molecule has 5 rings (SSSR count). The molecule has 216 valence electrons. The van der Waals surface area contributed by atoms with Gasteiger partial charge in [-0.25, -0.2) is 14.6 Å². The highest BCUT2D eigenvalue weighted by atomic mass is 16.5. The molecule has 1 aliphatic rings. The van der Waals surface area contributed by atoms with E-state index in [0.717, 1.165) is 36.1 Å². The Morgan fingerprint density at radius 3 is 2.64 bits per heavy atom. The van der Waals surface area contributed by atoms with E-state index in [1.165, 1.54) is 10.7 Å². The zero-order chi connectivity index (χ0) is 29.7. The maximum atomic E-state index is 12.4. The predicted octanol–water partition coefficient (Wildman–Crippen LogP) is 3.75. The highest BCUT2D eigenvalue weighted by Crippen LogP contribution is 2.19. The van der Waals surface area contributed by atoms with Gasteiger partial charge in [-0.05, 0) is 55.6 Å². The van der Waals surface area contributed by atoms with Crippen LogP contribution in [0.3, 0.4) is 0 Å². The summed E-state index contributed by atoms with van der Waals surface area (Å²) in [4.78, 5) is 33.4. The molecule has 4 aromatic rings. The van der Waals surface area contributed by atoms with Gasteiger partial charge in [0.2, 0.25) is 5.91 Å². The van der Waals surface area contributed by atoms with Crippen molar-refractivity contribution in [2.45, 2.75) is 45.7 Å². The Hall–Kier alpha value is -4.88. The van der Waals surface area contributed by atoms with Crippen LogP contribution in [0.15, 0.2) is 77.9 Å². The number of amides is 1. The summed E-state index contributed by atoms with van der Waals surface area (Å²) in [5, 5.41) is 19.7. The Balaban J connectivity index is 0.00000198. The number of rotatable bonds is 10. The molecule has 1 aliphatic heterocycles. The van der Waals surface area contributed by atoms with Gasteiger partial charge in [-0.2, -0.15) is 10.4 Å². The number of carbonyl (C=O) groups is 1. The number of nitriles is 1. The molecule has 1 fully saturated rings. The predicted molar refractivity (Wildman–Crippen MR) is 161 cm³/mol. The van der Waals surface area contributed by atoms with Crippen LogP contribution in [0.5, 0.6) is 5.75 Å². The third-order valence-corrected chi connectivity index (χ3v) is 6.63. The number of benzene rings is 2. The van der Waals surface area contributed by atoms with Gasteiger partial charge in [0.1, 0.15) is 6.61 Å². The van der Waals surface area contributed by atoms with Crippen LogP contribution in [-0.2, 0) is 17.8 Å². The van der Waals surface area contributed by atoms with E-state index in [4.69, 9.17) is 4.74 Å². The first-order valence-corrected chi connectivity index (χ1v) is 14.2. The minimum atomic E-state index is -0.190. The molecule has 1 saturated heterocycles. The van der Waals surface area contributed by atoms with Crippen molar-refractivity contribution in [1.29, 1.82) is 5.26 Å². The summed E-state index contributed by atoms with van der Waals surface area (Å²) in [5.74, 6) is 1.09. The zero-order valence-electron chi connectivity index (χ0n) is 23.9. The molecule has 3 heterocycles. The number of ether oxygens (including phenoxy) is 1. The Bertz CT molecular complexity index is 1570. The molecular weight excluding hydrogens is 530 g/mol. The molecule has 1 amide bonds. The van der Waals surface area contributed by atoms with Gasteiger partial charge in [-0.3, -0.25) is 9.59 Å². The van der Waals surface area contributed by atoms with E-state index in [0.29, 0.717) is 48.9 Å². The quantitative estimate of drug-likeness (QED) is 0.278. The fourth-order valence-corrected chi connectivity index (χ4v) is 4.53. The SMILES string of the molecule is CC.N#Cc1cccc(-c2ccc(=O)n(CCc3cccc(-c4ncc(OCCNC(=O)C5CCCN5)cn4)c3)n2)c1. The Morgan fingerprint density at radius 1 is 1.10 bits per heavy atom. The topological polar surface area (TPSA) is 135 Å². The number of hydrogen-bond donors (Lipinski definition) is 2. The Morgan fingerprint density at radius 2 is 1.88 bits per heavy atom. The van der Waals surface area contributed by atoms with Gasteiger partial charge < -0.3 is 15.4 Å². The number of hydrogen-bond acceptors (Lipinski definition) is 8. The summed E-state index contributed by atoms with van der Waals surface area (Å²) in [6.07, 6.45) is 5.71. The summed E-state index contributed by atoms with van der Waals surface area (Å²) in [6.45, 7) is 6.02. The molecular formula is C32H35N7O3. The van der Waals surface area contributed by atoms with E-state index >= 15 is 0 Å². The lowest BCUT2D eigenvalue weighted by Gasteiger charge is -2.11. The number of nitrogens with one attached hydrogen (secondary N) is 2. The molecule has 42 heavy (non-hydrogen) atoms. The number of carbonyl (C=O) groups excluding carboxylic acids is 1. The molecule has 0 saturated carbocycles. The van der Waals surface area contributed by atoms with Crippen LogP contribution < -0.4 is 20.9 Å². The average molecular weight is 566 g/mol. The van der Waals surface area contributed by atoms with Crippen molar-refractivity contribution in [3.63, 3.8) is 0 Å². The van der Waals surface area contributed by atoms with Gasteiger partial charge in [0.25, 0.3) is 5.56 Å². The van der Waals surface area contributed by atoms with Gasteiger partial charge >= 0.3 is 0 Å². The van der Waals surface area contributed by atoms with E-state index in [2.05, 4.69) is 31.8 Å². The fourth-order valence-electron chi connectivity index (χ4n) is 4.53. The van der Waals surface area contributed by atoms with Gasteiger partial charge in [-0.15, -0.1) is 0 Å². The van der Waals surface area contributed by atoms with Crippen molar-refractivity contribution in [2.24, 2.45) is 0 Å². The van der Waals surface area contributed by atoms with Crippen LogP contribution in [-0.4, -0.2) is 51.4 Å². The molecule has 1 atom stereocenters. The molecule has 10 nitrogen and oxygen atoms in total. The van der Waals surface area contributed by atoms with Gasteiger partial charge in [0.05, 0.1) is 42.3 Å². The summed E-state index contributed by atoms with van der Waals surface area (Å²) < 4.78 is 7.11. The van der Waals surface area contributed by atoms with Crippen LogP contribution in [0.2, 0.25) is 0 Å². The first-order chi connectivity index (χ1) is 20.6. The standard InChI is InChI=1S/C30H29N7O3.C2H6/c31-18-22-5-2-6-23(17-22)26-9-10-28(38)37(36-26)14-11-21-4-1-7-24(16-21)29-34-19-25(20-35-29)40-15-13-33-30(39)27-8-3-12-32-27;1-2/h1-2,4-7,9-10,16-17,19-20,27,32H,3,8,11-15H2,(H,33,39);1-2H3. The number of aryl methyl sites for hydroxylation is 2. The lowest BCUT2D eigenvalue weighted by atomic mass is 10.1. The number of aromatic nitrogens is 4. The summed E-state index contributed by atoms with van der Waals surface area (Å²) in [7, 11) is 0. The molecule has 0 spiro atoms. The Labute approximate surface area is 245 Å². The molecule has 0 radical (unpaired) electrons. The molecule has 2 N–H and O–H groups in total. The molecule has 10 heteroatoms. The summed E-state index contributed by atoms with van der Waals surface area (Å²) in [5.41, 5.74) is 3.63.